The normalized spacial score (nSPS) is 22.4. The molecule has 1 aromatic rings. The Hall–Kier alpha value is -1.30. The standard InChI is InChI=1S/C13H18F3N3/c1-9(17)10-4-5-12(18-7-10)19-6-2-3-11(8-19)13(14,15)16/h4-5,7,9,11H,2-3,6,8,17H2,1H3/t9-,11?/m0/s1. The van der Waals surface area contributed by atoms with Crippen LogP contribution in [-0.4, -0.2) is 24.2 Å². The van der Waals surface area contributed by atoms with Gasteiger partial charge in [-0.05, 0) is 31.4 Å². The first-order chi connectivity index (χ1) is 8.88. The van der Waals surface area contributed by atoms with E-state index in [1.807, 2.05) is 13.0 Å². The van der Waals surface area contributed by atoms with Crippen LogP contribution in [0.1, 0.15) is 31.4 Å². The summed E-state index contributed by atoms with van der Waals surface area (Å²) in [4.78, 5) is 5.92. The van der Waals surface area contributed by atoms with E-state index < -0.39 is 12.1 Å². The molecule has 1 aromatic heterocycles. The van der Waals surface area contributed by atoms with Crippen molar-refractivity contribution in [3.8, 4) is 0 Å². The Balaban J connectivity index is 2.09. The second-order valence-electron chi connectivity index (χ2n) is 5.07. The lowest BCUT2D eigenvalue weighted by atomic mass is 9.97. The average Bonchev–Trinajstić information content (AvgIpc) is 2.38. The molecule has 0 spiro atoms. The highest BCUT2D eigenvalue weighted by atomic mass is 19.4. The molecular formula is C13H18F3N3. The summed E-state index contributed by atoms with van der Waals surface area (Å²) in [5, 5.41) is 0. The quantitative estimate of drug-likeness (QED) is 0.901. The Morgan fingerprint density at radius 2 is 2.16 bits per heavy atom. The molecule has 0 aliphatic carbocycles. The van der Waals surface area contributed by atoms with Gasteiger partial charge in [-0.25, -0.2) is 4.98 Å². The van der Waals surface area contributed by atoms with Gasteiger partial charge in [0.15, 0.2) is 0 Å². The zero-order valence-electron chi connectivity index (χ0n) is 10.8. The number of aromatic nitrogens is 1. The fraction of sp³-hybridized carbons (Fsp3) is 0.615. The summed E-state index contributed by atoms with van der Waals surface area (Å²) in [6.07, 6.45) is -1.74. The van der Waals surface area contributed by atoms with E-state index in [-0.39, 0.29) is 19.0 Å². The molecule has 0 saturated carbocycles. The third kappa shape index (κ3) is 3.37. The van der Waals surface area contributed by atoms with Gasteiger partial charge in [0.25, 0.3) is 0 Å². The largest absolute Gasteiger partial charge is 0.393 e. The van der Waals surface area contributed by atoms with Gasteiger partial charge < -0.3 is 10.6 Å². The number of alkyl halides is 3. The Kier molecular flexibility index (Phi) is 3.99. The maximum atomic E-state index is 12.7. The molecule has 19 heavy (non-hydrogen) atoms. The van der Waals surface area contributed by atoms with Gasteiger partial charge in [0.05, 0.1) is 5.92 Å². The van der Waals surface area contributed by atoms with E-state index in [1.165, 1.54) is 0 Å². The molecule has 0 bridgehead atoms. The fourth-order valence-electron chi connectivity index (χ4n) is 2.31. The van der Waals surface area contributed by atoms with Crippen LogP contribution < -0.4 is 10.6 Å². The number of rotatable bonds is 2. The predicted molar refractivity (Wildman–Crippen MR) is 67.8 cm³/mol. The minimum absolute atomic E-state index is 0.00593. The lowest BCUT2D eigenvalue weighted by Crippen LogP contribution is -2.42. The lowest BCUT2D eigenvalue weighted by Gasteiger charge is -2.34. The SMILES string of the molecule is C[C@H](N)c1ccc(N2CCCC(C(F)(F)F)C2)nc1. The number of anilines is 1. The maximum Gasteiger partial charge on any atom is 0.393 e. The summed E-state index contributed by atoms with van der Waals surface area (Å²) in [6, 6.07) is 3.45. The van der Waals surface area contributed by atoms with Crippen molar-refractivity contribution in [1.29, 1.82) is 0 Å². The third-order valence-corrected chi connectivity index (χ3v) is 3.50. The average molecular weight is 273 g/mol. The van der Waals surface area contributed by atoms with Crippen molar-refractivity contribution in [1.82, 2.24) is 4.98 Å². The van der Waals surface area contributed by atoms with Gasteiger partial charge >= 0.3 is 6.18 Å². The first-order valence-corrected chi connectivity index (χ1v) is 6.41. The van der Waals surface area contributed by atoms with E-state index in [1.54, 1.807) is 17.2 Å². The van der Waals surface area contributed by atoms with Gasteiger partial charge in [-0.15, -0.1) is 0 Å². The fourth-order valence-corrected chi connectivity index (χ4v) is 2.31. The van der Waals surface area contributed by atoms with Crippen molar-refractivity contribution in [2.45, 2.75) is 32.0 Å². The molecule has 6 heteroatoms. The molecule has 2 rings (SSSR count). The minimum Gasteiger partial charge on any atom is -0.356 e. The molecule has 2 N–H and O–H groups in total. The summed E-state index contributed by atoms with van der Waals surface area (Å²) in [5.74, 6) is -0.658. The second-order valence-corrected chi connectivity index (χ2v) is 5.07. The van der Waals surface area contributed by atoms with Crippen molar-refractivity contribution in [3.63, 3.8) is 0 Å². The molecule has 0 radical (unpaired) electrons. The van der Waals surface area contributed by atoms with E-state index in [4.69, 9.17) is 5.73 Å². The van der Waals surface area contributed by atoms with Crippen LogP contribution in [0.2, 0.25) is 0 Å². The molecule has 1 fully saturated rings. The minimum atomic E-state index is -4.12. The first-order valence-electron chi connectivity index (χ1n) is 6.41. The van der Waals surface area contributed by atoms with Crippen LogP contribution in [0.25, 0.3) is 0 Å². The van der Waals surface area contributed by atoms with Crippen molar-refractivity contribution in [2.75, 3.05) is 18.0 Å². The van der Waals surface area contributed by atoms with E-state index >= 15 is 0 Å². The number of halogens is 3. The van der Waals surface area contributed by atoms with Crippen molar-refractivity contribution in [2.24, 2.45) is 11.7 Å². The van der Waals surface area contributed by atoms with Gasteiger partial charge in [-0.2, -0.15) is 13.2 Å². The number of nitrogens with zero attached hydrogens (tertiary/aromatic N) is 2. The summed E-state index contributed by atoms with van der Waals surface area (Å²) in [5.41, 5.74) is 6.60. The predicted octanol–water partition coefficient (Wildman–Crippen LogP) is 2.88. The summed E-state index contributed by atoms with van der Waals surface area (Å²) < 4.78 is 38.2. The Morgan fingerprint density at radius 1 is 1.42 bits per heavy atom. The van der Waals surface area contributed by atoms with Crippen molar-refractivity contribution in [3.05, 3.63) is 23.9 Å². The highest BCUT2D eigenvalue weighted by molar-refractivity contribution is 5.40. The van der Waals surface area contributed by atoms with Crippen molar-refractivity contribution >= 4 is 5.82 Å². The Morgan fingerprint density at radius 3 is 2.68 bits per heavy atom. The molecule has 0 aromatic carbocycles. The topological polar surface area (TPSA) is 42.1 Å². The van der Waals surface area contributed by atoms with Crippen LogP contribution in [0.5, 0.6) is 0 Å². The maximum absolute atomic E-state index is 12.7. The van der Waals surface area contributed by atoms with E-state index in [9.17, 15) is 13.2 Å². The highest BCUT2D eigenvalue weighted by Gasteiger charge is 2.41. The van der Waals surface area contributed by atoms with Gasteiger partial charge in [-0.3, -0.25) is 0 Å². The summed E-state index contributed by atoms with van der Waals surface area (Å²) in [7, 11) is 0. The molecule has 2 atom stereocenters. The van der Waals surface area contributed by atoms with Crippen molar-refractivity contribution < 1.29 is 13.2 Å². The number of piperidine rings is 1. The molecule has 0 amide bonds. The number of pyridine rings is 1. The van der Waals surface area contributed by atoms with Gasteiger partial charge in [0, 0.05) is 25.3 Å². The molecule has 1 saturated heterocycles. The number of nitrogens with two attached hydrogens (primary N) is 1. The van der Waals surface area contributed by atoms with Crippen LogP contribution in [0.3, 0.4) is 0 Å². The third-order valence-electron chi connectivity index (χ3n) is 3.50. The summed E-state index contributed by atoms with van der Waals surface area (Å²) in [6.45, 7) is 2.46. The summed E-state index contributed by atoms with van der Waals surface area (Å²) >= 11 is 0. The molecule has 2 heterocycles. The first kappa shape index (κ1) is 14.1. The number of hydrogen-bond donors (Lipinski definition) is 1. The van der Waals surface area contributed by atoms with Crippen LogP contribution >= 0.6 is 0 Å². The molecule has 1 aliphatic heterocycles. The van der Waals surface area contributed by atoms with E-state index in [0.717, 1.165) is 5.56 Å². The lowest BCUT2D eigenvalue weighted by molar-refractivity contribution is -0.176. The van der Waals surface area contributed by atoms with Crippen LogP contribution in [0.4, 0.5) is 19.0 Å². The zero-order chi connectivity index (χ0) is 14.0. The van der Waals surface area contributed by atoms with Gasteiger partial charge in [0.2, 0.25) is 0 Å². The van der Waals surface area contributed by atoms with E-state index in [0.29, 0.717) is 18.8 Å². The van der Waals surface area contributed by atoms with Crippen LogP contribution in [0, 0.1) is 5.92 Å². The van der Waals surface area contributed by atoms with Gasteiger partial charge in [0.1, 0.15) is 5.82 Å². The molecule has 1 unspecified atom stereocenters. The molecule has 1 aliphatic rings. The highest BCUT2D eigenvalue weighted by Crippen LogP contribution is 2.34. The van der Waals surface area contributed by atoms with Gasteiger partial charge in [-0.1, -0.05) is 6.07 Å². The second kappa shape index (κ2) is 5.36. The molecule has 106 valence electrons. The van der Waals surface area contributed by atoms with Crippen LogP contribution in [0.15, 0.2) is 18.3 Å². The monoisotopic (exact) mass is 273 g/mol. The molecular weight excluding hydrogens is 255 g/mol. The number of hydrogen-bond acceptors (Lipinski definition) is 3. The molecule has 3 nitrogen and oxygen atoms in total. The Labute approximate surface area is 110 Å². The van der Waals surface area contributed by atoms with Crippen LogP contribution in [-0.2, 0) is 0 Å². The smallest absolute Gasteiger partial charge is 0.356 e. The van der Waals surface area contributed by atoms with E-state index in [2.05, 4.69) is 4.98 Å². The Bertz CT molecular complexity index is 414. The zero-order valence-corrected chi connectivity index (χ0v) is 10.8.